The molecule has 4 aromatic rings. The van der Waals surface area contributed by atoms with Gasteiger partial charge in [-0.1, -0.05) is 20.8 Å². The lowest BCUT2D eigenvalue weighted by Crippen LogP contribution is -2.72. The zero-order valence-electron chi connectivity index (χ0n) is 19.4. The lowest BCUT2D eigenvalue weighted by molar-refractivity contribution is -0.0184. The number of nitrogens with one attached hydrogen (secondary N) is 1. The van der Waals surface area contributed by atoms with Crippen LogP contribution in [0, 0.1) is 11.2 Å². The highest BCUT2D eigenvalue weighted by Crippen LogP contribution is 2.44. The molecule has 8 nitrogen and oxygen atoms in total. The standard InChI is InChI=1S/C24H28FN7O/c1-5-30-9-24(10-30)11-31(12-24)23-20(25)19-16(7-26-23)29-21(18(19)14(2)3)15-6-17(33-4)22-27-13-28-32(22)8-15/h6-8,13-14,29H,5,9-12H2,1-4H3. The van der Waals surface area contributed by atoms with Crippen molar-refractivity contribution in [1.82, 2.24) is 29.5 Å². The lowest BCUT2D eigenvalue weighted by atomic mass is 9.73. The zero-order chi connectivity index (χ0) is 22.9. The molecule has 33 heavy (non-hydrogen) atoms. The first-order chi connectivity index (χ1) is 15.9. The van der Waals surface area contributed by atoms with Gasteiger partial charge >= 0.3 is 0 Å². The number of aromatic nitrogens is 5. The highest BCUT2D eigenvalue weighted by Gasteiger charge is 2.52. The second-order valence-electron chi connectivity index (χ2n) is 9.74. The second kappa shape index (κ2) is 7.15. The molecule has 0 bridgehead atoms. The van der Waals surface area contributed by atoms with Crippen LogP contribution in [0.4, 0.5) is 10.2 Å². The van der Waals surface area contributed by atoms with Crippen molar-refractivity contribution in [2.45, 2.75) is 26.7 Å². The van der Waals surface area contributed by atoms with E-state index in [-0.39, 0.29) is 11.7 Å². The summed E-state index contributed by atoms with van der Waals surface area (Å²) in [6, 6.07) is 1.92. The number of methoxy groups -OCH3 is 1. The molecule has 9 heteroatoms. The first kappa shape index (κ1) is 20.4. The Bertz CT molecular complexity index is 1360. The van der Waals surface area contributed by atoms with Crippen LogP contribution < -0.4 is 9.64 Å². The molecule has 0 atom stereocenters. The largest absolute Gasteiger partial charge is 0.493 e. The van der Waals surface area contributed by atoms with Crippen molar-refractivity contribution < 1.29 is 9.13 Å². The van der Waals surface area contributed by atoms with Crippen molar-refractivity contribution in [3.63, 3.8) is 0 Å². The van der Waals surface area contributed by atoms with Crippen molar-refractivity contribution in [3.05, 3.63) is 36.2 Å². The van der Waals surface area contributed by atoms with Crippen LogP contribution in [0.15, 0.2) is 24.8 Å². The maximum Gasteiger partial charge on any atom is 0.197 e. The summed E-state index contributed by atoms with van der Waals surface area (Å²) in [5.74, 6) is 0.933. The van der Waals surface area contributed by atoms with E-state index in [0.717, 1.165) is 49.5 Å². The summed E-state index contributed by atoms with van der Waals surface area (Å²) in [4.78, 5) is 16.7. The summed E-state index contributed by atoms with van der Waals surface area (Å²) >= 11 is 0. The first-order valence-corrected chi connectivity index (χ1v) is 11.5. The Kier molecular flexibility index (Phi) is 4.42. The van der Waals surface area contributed by atoms with Gasteiger partial charge in [-0.15, -0.1) is 0 Å². The number of fused-ring (bicyclic) bond motifs is 2. The van der Waals surface area contributed by atoms with Crippen molar-refractivity contribution in [3.8, 4) is 17.0 Å². The number of rotatable bonds is 5. The van der Waals surface area contributed by atoms with Gasteiger partial charge in [0.15, 0.2) is 23.0 Å². The van der Waals surface area contributed by atoms with E-state index in [0.29, 0.717) is 33.5 Å². The summed E-state index contributed by atoms with van der Waals surface area (Å²) in [6.07, 6.45) is 5.15. The van der Waals surface area contributed by atoms with Crippen LogP contribution in [-0.2, 0) is 0 Å². The molecule has 2 aliphatic heterocycles. The molecule has 2 saturated heterocycles. The van der Waals surface area contributed by atoms with Gasteiger partial charge in [0.1, 0.15) is 6.33 Å². The van der Waals surface area contributed by atoms with Crippen LogP contribution in [0.5, 0.6) is 5.75 Å². The van der Waals surface area contributed by atoms with Crippen molar-refractivity contribution in [2.24, 2.45) is 5.41 Å². The Hall–Kier alpha value is -3.20. The van der Waals surface area contributed by atoms with E-state index >= 15 is 4.39 Å². The molecular formula is C24H28FN7O. The molecule has 0 aromatic carbocycles. The molecule has 6 heterocycles. The molecule has 0 radical (unpaired) electrons. The Morgan fingerprint density at radius 2 is 2.00 bits per heavy atom. The number of likely N-dealkylation sites (tertiary alicyclic amines) is 1. The van der Waals surface area contributed by atoms with Crippen LogP contribution >= 0.6 is 0 Å². The third-order valence-corrected chi connectivity index (χ3v) is 7.14. The predicted octanol–water partition coefficient (Wildman–Crippen LogP) is 3.69. The summed E-state index contributed by atoms with van der Waals surface area (Å²) in [7, 11) is 1.61. The highest BCUT2D eigenvalue weighted by atomic mass is 19.1. The van der Waals surface area contributed by atoms with Crippen LogP contribution in [0.1, 0.15) is 32.3 Å². The van der Waals surface area contributed by atoms with E-state index in [4.69, 9.17) is 4.74 Å². The number of ether oxygens (including phenoxy) is 1. The highest BCUT2D eigenvalue weighted by molar-refractivity contribution is 5.93. The lowest BCUT2D eigenvalue weighted by Gasteiger charge is -2.60. The minimum Gasteiger partial charge on any atom is -0.493 e. The molecule has 0 unspecified atom stereocenters. The van der Waals surface area contributed by atoms with E-state index in [9.17, 15) is 0 Å². The van der Waals surface area contributed by atoms with Crippen LogP contribution in [0.2, 0.25) is 0 Å². The quantitative estimate of drug-likeness (QED) is 0.501. The zero-order valence-corrected chi connectivity index (χ0v) is 19.4. The van der Waals surface area contributed by atoms with E-state index in [1.165, 1.54) is 6.33 Å². The molecule has 2 aliphatic rings. The van der Waals surface area contributed by atoms with Crippen molar-refractivity contribution in [1.29, 1.82) is 0 Å². The first-order valence-electron chi connectivity index (χ1n) is 11.5. The van der Waals surface area contributed by atoms with Gasteiger partial charge in [-0.25, -0.2) is 18.9 Å². The normalized spacial score (nSPS) is 17.8. The SMILES string of the molecule is CCN1CC2(C1)CN(c1ncc3[nH]c(-c4cc(OC)c5ncnn5c4)c(C(C)C)c3c1F)C2. The fourth-order valence-corrected chi connectivity index (χ4v) is 5.61. The molecule has 4 aromatic heterocycles. The topological polar surface area (TPSA) is 74.6 Å². The molecule has 172 valence electrons. The molecular weight excluding hydrogens is 421 g/mol. The number of hydrogen-bond donors (Lipinski definition) is 1. The Morgan fingerprint density at radius 1 is 1.21 bits per heavy atom. The van der Waals surface area contributed by atoms with Gasteiger partial charge in [0.2, 0.25) is 0 Å². The van der Waals surface area contributed by atoms with E-state index in [1.807, 2.05) is 12.3 Å². The minimum absolute atomic E-state index is 0.100. The van der Waals surface area contributed by atoms with Crippen molar-refractivity contribution >= 4 is 22.4 Å². The third kappa shape index (κ3) is 2.95. The van der Waals surface area contributed by atoms with E-state index in [2.05, 4.69) is 50.6 Å². The smallest absolute Gasteiger partial charge is 0.197 e. The minimum atomic E-state index is -0.242. The summed E-state index contributed by atoms with van der Waals surface area (Å²) < 4.78 is 23.2. The molecule has 6 rings (SSSR count). The number of H-pyrrole nitrogens is 1. The van der Waals surface area contributed by atoms with Crippen LogP contribution in [-0.4, -0.2) is 69.3 Å². The van der Waals surface area contributed by atoms with Gasteiger partial charge in [0.25, 0.3) is 0 Å². The van der Waals surface area contributed by atoms with Gasteiger partial charge in [0, 0.05) is 48.7 Å². The number of halogens is 1. The Morgan fingerprint density at radius 3 is 2.70 bits per heavy atom. The molecule has 1 spiro atoms. The van der Waals surface area contributed by atoms with Gasteiger partial charge in [-0.3, -0.25) is 0 Å². The number of pyridine rings is 2. The molecule has 0 amide bonds. The van der Waals surface area contributed by atoms with E-state index < -0.39 is 0 Å². The fraction of sp³-hybridized carbons (Fsp3) is 0.458. The molecule has 2 fully saturated rings. The summed E-state index contributed by atoms with van der Waals surface area (Å²) in [6.45, 7) is 11.4. The number of nitrogens with zero attached hydrogens (tertiary/aromatic N) is 6. The van der Waals surface area contributed by atoms with Gasteiger partial charge < -0.3 is 19.5 Å². The maximum atomic E-state index is 16.0. The Balaban J connectivity index is 1.43. The summed E-state index contributed by atoms with van der Waals surface area (Å²) in [5, 5.41) is 4.89. The summed E-state index contributed by atoms with van der Waals surface area (Å²) in [5.41, 5.74) is 4.30. The van der Waals surface area contributed by atoms with Gasteiger partial charge in [0.05, 0.1) is 24.5 Å². The average molecular weight is 450 g/mol. The van der Waals surface area contributed by atoms with Crippen LogP contribution in [0.3, 0.4) is 0 Å². The Labute approximate surface area is 191 Å². The average Bonchev–Trinajstić information content (AvgIpc) is 3.37. The monoisotopic (exact) mass is 449 g/mol. The fourth-order valence-electron chi connectivity index (χ4n) is 5.61. The van der Waals surface area contributed by atoms with Gasteiger partial charge in [-0.05, 0) is 24.1 Å². The number of anilines is 1. The number of hydrogen-bond acceptors (Lipinski definition) is 6. The maximum absolute atomic E-state index is 16.0. The van der Waals surface area contributed by atoms with Crippen molar-refractivity contribution in [2.75, 3.05) is 44.7 Å². The third-order valence-electron chi connectivity index (χ3n) is 7.14. The predicted molar refractivity (Wildman–Crippen MR) is 125 cm³/mol. The molecule has 0 saturated carbocycles. The number of aromatic amines is 1. The second-order valence-corrected chi connectivity index (χ2v) is 9.74. The van der Waals surface area contributed by atoms with E-state index in [1.54, 1.807) is 17.8 Å². The van der Waals surface area contributed by atoms with Crippen LogP contribution in [0.25, 0.3) is 27.8 Å². The van der Waals surface area contributed by atoms with Gasteiger partial charge in [-0.2, -0.15) is 5.10 Å². The molecule has 1 N–H and O–H groups in total. The molecule has 0 aliphatic carbocycles.